The molecule has 0 bridgehead atoms. The summed E-state index contributed by atoms with van der Waals surface area (Å²) in [5, 5.41) is 5.47. The van der Waals surface area contributed by atoms with Gasteiger partial charge in [-0.25, -0.2) is 9.97 Å². The van der Waals surface area contributed by atoms with Crippen LogP contribution < -0.4 is 5.32 Å². The van der Waals surface area contributed by atoms with E-state index in [0.29, 0.717) is 16.1 Å². The molecule has 0 aliphatic carbocycles. The number of benzene rings is 1. The van der Waals surface area contributed by atoms with Gasteiger partial charge in [0.15, 0.2) is 5.16 Å². The number of fused-ring (bicyclic) bond motifs is 1. The number of thioether (sulfide) groups is 1. The lowest BCUT2D eigenvalue weighted by molar-refractivity contribution is 0.976. The number of aromatic nitrogens is 3. The molecule has 6 heteroatoms. The summed E-state index contributed by atoms with van der Waals surface area (Å²) >= 11 is 7.42. The van der Waals surface area contributed by atoms with Gasteiger partial charge in [-0.05, 0) is 30.5 Å². The van der Waals surface area contributed by atoms with Gasteiger partial charge in [0.1, 0.15) is 11.0 Å². The molecule has 0 unspecified atom stereocenters. The van der Waals surface area contributed by atoms with Crippen LogP contribution in [-0.2, 0) is 0 Å². The van der Waals surface area contributed by atoms with Crippen molar-refractivity contribution in [1.29, 1.82) is 0 Å². The van der Waals surface area contributed by atoms with Crippen LogP contribution in [0.5, 0.6) is 0 Å². The summed E-state index contributed by atoms with van der Waals surface area (Å²) in [5.74, 6) is 0.694. The molecule has 19 heavy (non-hydrogen) atoms. The zero-order valence-electron chi connectivity index (χ0n) is 10.1. The molecule has 0 atom stereocenters. The van der Waals surface area contributed by atoms with Gasteiger partial charge < -0.3 is 10.3 Å². The van der Waals surface area contributed by atoms with Crippen molar-refractivity contribution in [2.45, 2.75) is 5.16 Å². The van der Waals surface area contributed by atoms with Crippen LogP contribution in [-0.4, -0.2) is 21.2 Å². The Hall–Kier alpha value is -1.72. The number of H-pyrrole nitrogens is 1. The third-order valence-electron chi connectivity index (χ3n) is 2.68. The SMILES string of the molecule is CSc1nc(Cl)cc(Nc2ccc3[nH]ccc3c2)n1. The van der Waals surface area contributed by atoms with Crippen LogP contribution in [0.1, 0.15) is 0 Å². The maximum atomic E-state index is 5.96. The highest BCUT2D eigenvalue weighted by Crippen LogP contribution is 2.23. The third-order valence-corrected chi connectivity index (χ3v) is 3.42. The van der Waals surface area contributed by atoms with Crippen LogP contribution in [0.15, 0.2) is 41.7 Å². The number of nitrogens with zero attached hydrogens (tertiary/aromatic N) is 2. The summed E-state index contributed by atoms with van der Waals surface area (Å²) in [6, 6.07) is 9.81. The second kappa shape index (κ2) is 5.11. The molecule has 4 nitrogen and oxygen atoms in total. The molecule has 0 radical (unpaired) electrons. The van der Waals surface area contributed by atoms with Crippen molar-refractivity contribution in [3.05, 3.63) is 41.7 Å². The van der Waals surface area contributed by atoms with E-state index in [9.17, 15) is 0 Å². The third kappa shape index (κ3) is 2.67. The van der Waals surface area contributed by atoms with Gasteiger partial charge in [-0.3, -0.25) is 0 Å². The standard InChI is InChI=1S/C13H11ClN4S/c1-19-13-17-11(14)7-12(18-13)16-9-2-3-10-8(6-9)4-5-15-10/h2-7,15H,1H3,(H,16,17,18). The Morgan fingerprint density at radius 2 is 2.11 bits per heavy atom. The summed E-state index contributed by atoms with van der Waals surface area (Å²) in [5.41, 5.74) is 2.07. The van der Waals surface area contributed by atoms with Crippen LogP contribution >= 0.6 is 23.4 Å². The van der Waals surface area contributed by atoms with Gasteiger partial charge in [-0.15, -0.1) is 0 Å². The fourth-order valence-corrected chi connectivity index (χ4v) is 2.44. The van der Waals surface area contributed by atoms with Crippen molar-refractivity contribution in [3.63, 3.8) is 0 Å². The molecule has 2 N–H and O–H groups in total. The Labute approximate surface area is 119 Å². The molecular weight excluding hydrogens is 280 g/mol. The Bertz CT molecular complexity index is 725. The lowest BCUT2D eigenvalue weighted by Crippen LogP contribution is -1.96. The van der Waals surface area contributed by atoms with Gasteiger partial charge in [-0.2, -0.15) is 0 Å². The maximum Gasteiger partial charge on any atom is 0.190 e. The van der Waals surface area contributed by atoms with Crippen molar-refractivity contribution in [2.75, 3.05) is 11.6 Å². The van der Waals surface area contributed by atoms with Crippen molar-refractivity contribution >= 4 is 45.8 Å². The Morgan fingerprint density at radius 3 is 2.95 bits per heavy atom. The topological polar surface area (TPSA) is 53.6 Å². The number of rotatable bonds is 3. The first kappa shape index (κ1) is 12.3. The van der Waals surface area contributed by atoms with E-state index in [-0.39, 0.29) is 0 Å². The largest absolute Gasteiger partial charge is 0.361 e. The lowest BCUT2D eigenvalue weighted by atomic mass is 10.2. The van der Waals surface area contributed by atoms with Crippen molar-refractivity contribution in [3.8, 4) is 0 Å². The molecule has 1 aromatic carbocycles. The lowest BCUT2D eigenvalue weighted by Gasteiger charge is -2.07. The highest BCUT2D eigenvalue weighted by Gasteiger charge is 2.03. The first-order valence-corrected chi connectivity index (χ1v) is 7.27. The number of hydrogen-bond acceptors (Lipinski definition) is 4. The van der Waals surface area contributed by atoms with E-state index < -0.39 is 0 Å². The van der Waals surface area contributed by atoms with Crippen LogP contribution in [0.3, 0.4) is 0 Å². The minimum Gasteiger partial charge on any atom is -0.361 e. The van der Waals surface area contributed by atoms with Gasteiger partial charge in [-0.1, -0.05) is 23.4 Å². The Balaban J connectivity index is 1.93. The van der Waals surface area contributed by atoms with E-state index in [4.69, 9.17) is 11.6 Å². The molecule has 0 spiro atoms. The zero-order chi connectivity index (χ0) is 13.2. The first-order valence-electron chi connectivity index (χ1n) is 5.67. The number of nitrogens with one attached hydrogen (secondary N) is 2. The highest BCUT2D eigenvalue weighted by atomic mass is 35.5. The van der Waals surface area contributed by atoms with Crippen LogP contribution in [0, 0.1) is 0 Å². The molecule has 3 aromatic rings. The quantitative estimate of drug-likeness (QED) is 0.434. The average molecular weight is 291 g/mol. The van der Waals surface area contributed by atoms with Gasteiger partial charge >= 0.3 is 0 Å². The van der Waals surface area contributed by atoms with Gasteiger partial charge in [0.05, 0.1) is 0 Å². The molecule has 0 aliphatic rings. The van der Waals surface area contributed by atoms with Crippen LogP contribution in [0.4, 0.5) is 11.5 Å². The molecule has 2 aromatic heterocycles. The summed E-state index contributed by atoms with van der Waals surface area (Å²) in [6.07, 6.45) is 3.84. The molecule has 0 saturated carbocycles. The average Bonchev–Trinajstić information content (AvgIpc) is 2.85. The molecule has 96 valence electrons. The number of aromatic amines is 1. The number of halogens is 1. The molecule has 3 rings (SSSR count). The van der Waals surface area contributed by atoms with Crippen LogP contribution in [0.25, 0.3) is 10.9 Å². The second-order valence-corrected chi connectivity index (χ2v) is 5.13. The predicted molar refractivity (Wildman–Crippen MR) is 80.4 cm³/mol. The smallest absolute Gasteiger partial charge is 0.190 e. The molecule has 0 amide bonds. The highest BCUT2D eigenvalue weighted by molar-refractivity contribution is 7.98. The second-order valence-electron chi connectivity index (χ2n) is 3.97. The Kier molecular flexibility index (Phi) is 3.31. The number of hydrogen-bond donors (Lipinski definition) is 2. The van der Waals surface area contributed by atoms with Crippen molar-refractivity contribution in [2.24, 2.45) is 0 Å². The summed E-state index contributed by atoms with van der Waals surface area (Å²) < 4.78 is 0. The minimum atomic E-state index is 0.435. The van der Waals surface area contributed by atoms with E-state index in [1.165, 1.54) is 11.8 Å². The Morgan fingerprint density at radius 1 is 1.21 bits per heavy atom. The van der Waals surface area contributed by atoms with E-state index in [1.54, 1.807) is 6.07 Å². The fourth-order valence-electron chi connectivity index (χ4n) is 1.83. The van der Waals surface area contributed by atoms with E-state index in [2.05, 4.69) is 26.3 Å². The fraction of sp³-hybridized carbons (Fsp3) is 0.0769. The summed E-state index contributed by atoms with van der Waals surface area (Å²) in [4.78, 5) is 11.6. The molecule has 0 saturated heterocycles. The van der Waals surface area contributed by atoms with E-state index in [0.717, 1.165) is 16.6 Å². The van der Waals surface area contributed by atoms with Crippen LogP contribution in [0.2, 0.25) is 5.15 Å². The van der Waals surface area contributed by atoms with Gasteiger partial charge in [0.25, 0.3) is 0 Å². The van der Waals surface area contributed by atoms with Gasteiger partial charge in [0.2, 0.25) is 0 Å². The predicted octanol–water partition coefficient (Wildman–Crippen LogP) is 4.08. The van der Waals surface area contributed by atoms with E-state index in [1.807, 2.05) is 30.7 Å². The zero-order valence-corrected chi connectivity index (χ0v) is 11.7. The number of anilines is 2. The normalized spacial score (nSPS) is 10.8. The van der Waals surface area contributed by atoms with Crippen molar-refractivity contribution in [1.82, 2.24) is 15.0 Å². The molecule has 2 heterocycles. The molecule has 0 fully saturated rings. The summed E-state index contributed by atoms with van der Waals surface area (Å²) in [7, 11) is 0. The monoisotopic (exact) mass is 290 g/mol. The van der Waals surface area contributed by atoms with Gasteiger partial charge in [0, 0.05) is 28.9 Å². The van der Waals surface area contributed by atoms with E-state index >= 15 is 0 Å². The summed E-state index contributed by atoms with van der Waals surface area (Å²) in [6.45, 7) is 0. The van der Waals surface area contributed by atoms with Crippen molar-refractivity contribution < 1.29 is 0 Å². The minimum absolute atomic E-state index is 0.435. The molecule has 0 aliphatic heterocycles. The first-order chi connectivity index (χ1) is 9.24. The molecular formula is C13H11ClN4S. The maximum absolute atomic E-state index is 5.96.